The van der Waals surface area contributed by atoms with Gasteiger partial charge in [-0.1, -0.05) is 13.8 Å². The largest absolute Gasteiger partial charge is 0.334 e. The molecule has 1 aliphatic heterocycles. The maximum Gasteiger partial charge on any atom is 0.324 e. The average Bonchev–Trinajstić information content (AvgIpc) is 2.01. The Balaban J connectivity index is 2.73. The van der Waals surface area contributed by atoms with E-state index in [4.69, 9.17) is 0 Å². The van der Waals surface area contributed by atoms with E-state index in [2.05, 4.69) is 5.32 Å². The van der Waals surface area contributed by atoms with Gasteiger partial charge in [0.25, 0.3) is 0 Å². The third kappa shape index (κ3) is 2.05. The van der Waals surface area contributed by atoms with Crippen LogP contribution in [-0.2, 0) is 4.79 Å². The van der Waals surface area contributed by atoms with Crippen molar-refractivity contribution in [3.63, 3.8) is 0 Å². The molecule has 3 amide bonds. The lowest BCUT2D eigenvalue weighted by Gasteiger charge is -2.35. The summed E-state index contributed by atoms with van der Waals surface area (Å²) in [6.07, 6.45) is 0.418. The SMILES string of the molecule is CC(C)C1CC(=O)N(C(C)C)C(=O)N1. The lowest BCUT2D eigenvalue weighted by Crippen LogP contribution is -2.58. The van der Waals surface area contributed by atoms with E-state index >= 15 is 0 Å². The molecule has 1 saturated heterocycles. The Kier molecular flexibility index (Phi) is 3.13. The summed E-state index contributed by atoms with van der Waals surface area (Å²) in [4.78, 5) is 24.5. The molecule has 0 radical (unpaired) electrons. The van der Waals surface area contributed by atoms with Gasteiger partial charge in [-0.2, -0.15) is 0 Å². The van der Waals surface area contributed by atoms with E-state index in [1.807, 2.05) is 27.7 Å². The molecule has 1 N–H and O–H groups in total. The maximum absolute atomic E-state index is 11.6. The summed E-state index contributed by atoms with van der Waals surface area (Å²) >= 11 is 0. The number of carbonyl (C=O) groups excluding carboxylic acids is 2. The van der Waals surface area contributed by atoms with Gasteiger partial charge < -0.3 is 5.32 Å². The second kappa shape index (κ2) is 3.98. The van der Waals surface area contributed by atoms with Gasteiger partial charge in [-0.3, -0.25) is 9.69 Å². The lowest BCUT2D eigenvalue weighted by molar-refractivity contribution is -0.131. The number of imide groups is 1. The first-order chi connectivity index (χ1) is 6.43. The van der Waals surface area contributed by atoms with E-state index in [9.17, 15) is 9.59 Å². The Morgan fingerprint density at radius 1 is 1.29 bits per heavy atom. The van der Waals surface area contributed by atoms with Gasteiger partial charge in [-0.15, -0.1) is 0 Å². The van der Waals surface area contributed by atoms with Crippen molar-refractivity contribution in [3.8, 4) is 0 Å². The molecule has 1 aliphatic rings. The van der Waals surface area contributed by atoms with Gasteiger partial charge in [0.05, 0.1) is 0 Å². The summed E-state index contributed by atoms with van der Waals surface area (Å²) in [5.41, 5.74) is 0. The molecule has 0 aliphatic carbocycles. The zero-order valence-corrected chi connectivity index (χ0v) is 9.20. The summed E-state index contributed by atoms with van der Waals surface area (Å²) in [5, 5.41) is 2.84. The highest BCUT2D eigenvalue weighted by atomic mass is 16.2. The molecule has 0 aromatic heterocycles. The van der Waals surface area contributed by atoms with Crippen molar-refractivity contribution in [2.24, 2.45) is 5.92 Å². The number of urea groups is 1. The minimum atomic E-state index is -0.255. The second-order valence-electron chi connectivity index (χ2n) is 4.36. The van der Waals surface area contributed by atoms with Crippen LogP contribution in [-0.4, -0.2) is 28.9 Å². The van der Waals surface area contributed by atoms with E-state index in [1.54, 1.807) is 0 Å². The highest BCUT2D eigenvalue weighted by molar-refractivity contribution is 5.97. The van der Waals surface area contributed by atoms with Crippen LogP contribution >= 0.6 is 0 Å². The minimum Gasteiger partial charge on any atom is -0.334 e. The van der Waals surface area contributed by atoms with Crippen LogP contribution in [0.15, 0.2) is 0 Å². The van der Waals surface area contributed by atoms with Gasteiger partial charge in [0, 0.05) is 18.5 Å². The maximum atomic E-state index is 11.6. The number of nitrogens with one attached hydrogen (secondary N) is 1. The summed E-state index contributed by atoms with van der Waals surface area (Å²) in [6, 6.07) is -0.324. The fourth-order valence-electron chi connectivity index (χ4n) is 1.60. The Labute approximate surface area is 84.7 Å². The molecule has 0 spiro atoms. The van der Waals surface area contributed by atoms with Gasteiger partial charge in [0.1, 0.15) is 0 Å². The third-order valence-corrected chi connectivity index (χ3v) is 2.51. The number of nitrogens with zero attached hydrogens (tertiary/aromatic N) is 1. The smallest absolute Gasteiger partial charge is 0.324 e. The van der Waals surface area contributed by atoms with Crippen molar-refractivity contribution in [3.05, 3.63) is 0 Å². The van der Waals surface area contributed by atoms with Gasteiger partial charge in [0.2, 0.25) is 5.91 Å². The first-order valence-corrected chi connectivity index (χ1v) is 5.06. The lowest BCUT2D eigenvalue weighted by atomic mass is 9.98. The first-order valence-electron chi connectivity index (χ1n) is 5.06. The molecule has 80 valence electrons. The molecule has 14 heavy (non-hydrogen) atoms. The molecular weight excluding hydrogens is 180 g/mol. The first kappa shape index (κ1) is 11.0. The van der Waals surface area contributed by atoms with E-state index in [0.29, 0.717) is 12.3 Å². The van der Waals surface area contributed by atoms with Gasteiger partial charge in [0.15, 0.2) is 0 Å². The van der Waals surface area contributed by atoms with Gasteiger partial charge >= 0.3 is 6.03 Å². The molecule has 0 saturated carbocycles. The van der Waals surface area contributed by atoms with Crippen LogP contribution in [0.3, 0.4) is 0 Å². The van der Waals surface area contributed by atoms with Crippen LogP contribution in [0, 0.1) is 5.92 Å². The molecule has 0 bridgehead atoms. The van der Waals surface area contributed by atoms with Crippen molar-refractivity contribution in [2.45, 2.75) is 46.2 Å². The highest BCUT2D eigenvalue weighted by Crippen LogP contribution is 2.16. The molecule has 4 heteroatoms. The number of hydrogen-bond donors (Lipinski definition) is 1. The van der Waals surface area contributed by atoms with Crippen LogP contribution in [0.25, 0.3) is 0 Å². The summed E-state index contributed by atoms with van der Waals surface area (Å²) in [5.74, 6) is 0.236. The van der Waals surface area contributed by atoms with Crippen molar-refractivity contribution < 1.29 is 9.59 Å². The summed E-state index contributed by atoms with van der Waals surface area (Å²) < 4.78 is 0. The normalized spacial score (nSPS) is 23.3. The van der Waals surface area contributed by atoms with Gasteiger partial charge in [-0.05, 0) is 19.8 Å². The Morgan fingerprint density at radius 2 is 1.86 bits per heavy atom. The molecule has 1 heterocycles. The fraction of sp³-hybridized carbons (Fsp3) is 0.800. The molecule has 1 atom stereocenters. The summed E-state index contributed by atoms with van der Waals surface area (Å²) in [6.45, 7) is 7.69. The predicted octanol–water partition coefficient (Wildman–Crippen LogP) is 1.36. The predicted molar refractivity (Wildman–Crippen MR) is 53.8 cm³/mol. The monoisotopic (exact) mass is 198 g/mol. The van der Waals surface area contributed by atoms with E-state index in [-0.39, 0.29) is 24.0 Å². The zero-order chi connectivity index (χ0) is 10.9. The zero-order valence-electron chi connectivity index (χ0n) is 9.20. The topological polar surface area (TPSA) is 49.4 Å². The van der Waals surface area contributed by atoms with E-state index in [0.717, 1.165) is 0 Å². The van der Waals surface area contributed by atoms with Crippen LogP contribution in [0.2, 0.25) is 0 Å². The fourth-order valence-corrected chi connectivity index (χ4v) is 1.60. The quantitative estimate of drug-likeness (QED) is 0.728. The van der Waals surface area contributed by atoms with Gasteiger partial charge in [-0.25, -0.2) is 4.79 Å². The number of carbonyl (C=O) groups is 2. The standard InChI is InChI=1S/C10H18N2O2/c1-6(2)8-5-9(13)12(7(3)4)10(14)11-8/h6-8H,5H2,1-4H3,(H,11,14). The molecule has 0 aromatic carbocycles. The van der Waals surface area contributed by atoms with Crippen LogP contribution in [0.4, 0.5) is 4.79 Å². The third-order valence-electron chi connectivity index (χ3n) is 2.51. The van der Waals surface area contributed by atoms with Crippen molar-refractivity contribution >= 4 is 11.9 Å². The molecule has 1 unspecified atom stereocenters. The molecule has 0 aromatic rings. The van der Waals surface area contributed by atoms with Crippen molar-refractivity contribution in [2.75, 3.05) is 0 Å². The molecule has 4 nitrogen and oxygen atoms in total. The second-order valence-corrected chi connectivity index (χ2v) is 4.36. The molecule has 1 rings (SSSR count). The Bertz CT molecular complexity index is 231. The molecule has 1 fully saturated rings. The Morgan fingerprint density at radius 3 is 2.21 bits per heavy atom. The van der Waals surface area contributed by atoms with Crippen LogP contribution < -0.4 is 5.32 Å². The van der Waals surface area contributed by atoms with Crippen LogP contribution in [0.5, 0.6) is 0 Å². The number of amides is 3. The average molecular weight is 198 g/mol. The minimum absolute atomic E-state index is 0.00926. The Hall–Kier alpha value is -1.06. The van der Waals surface area contributed by atoms with Crippen LogP contribution in [0.1, 0.15) is 34.1 Å². The van der Waals surface area contributed by atoms with Crippen molar-refractivity contribution in [1.29, 1.82) is 0 Å². The number of rotatable bonds is 2. The number of hydrogen-bond acceptors (Lipinski definition) is 2. The summed E-state index contributed by atoms with van der Waals surface area (Å²) in [7, 11) is 0. The molecular formula is C10H18N2O2. The highest BCUT2D eigenvalue weighted by Gasteiger charge is 2.34. The van der Waals surface area contributed by atoms with E-state index in [1.165, 1.54) is 4.90 Å². The van der Waals surface area contributed by atoms with Crippen molar-refractivity contribution in [1.82, 2.24) is 10.2 Å². The van der Waals surface area contributed by atoms with E-state index < -0.39 is 0 Å².